The molecule has 1 amide bonds. The fraction of sp³-hybridized carbons (Fsp3) is 0.368. The number of aromatic carboxylic acids is 1. The number of carbonyl (C=O) groups is 2. The van der Waals surface area contributed by atoms with Gasteiger partial charge < -0.3 is 10.0 Å². The highest BCUT2D eigenvalue weighted by atomic mass is 16.4. The van der Waals surface area contributed by atoms with E-state index in [1.165, 1.54) is 17.0 Å². The zero-order valence-electron chi connectivity index (χ0n) is 15.5. The van der Waals surface area contributed by atoms with Gasteiger partial charge >= 0.3 is 11.7 Å². The first kappa shape index (κ1) is 18.0. The van der Waals surface area contributed by atoms with Gasteiger partial charge in [-0.3, -0.25) is 18.6 Å². The molecular formula is C19H21N5O4. The van der Waals surface area contributed by atoms with Crippen molar-refractivity contribution in [3.8, 4) is 0 Å². The summed E-state index contributed by atoms with van der Waals surface area (Å²) < 4.78 is 4.73. The highest BCUT2D eigenvalue weighted by Crippen LogP contribution is 2.22. The first-order chi connectivity index (χ1) is 13.5. The van der Waals surface area contributed by atoms with Gasteiger partial charge in [-0.15, -0.1) is 0 Å². The molecular weight excluding hydrogens is 362 g/mol. The van der Waals surface area contributed by atoms with E-state index in [1.54, 1.807) is 21.2 Å². The Bertz CT molecular complexity index is 1100. The lowest BCUT2D eigenvalue weighted by Gasteiger charge is -2.32. The normalized spacial score (nSPS) is 15.2. The van der Waals surface area contributed by atoms with Crippen LogP contribution in [0.25, 0.3) is 11.0 Å². The van der Waals surface area contributed by atoms with E-state index in [-0.39, 0.29) is 29.7 Å². The highest BCUT2D eigenvalue weighted by Gasteiger charge is 2.26. The van der Waals surface area contributed by atoms with Crippen LogP contribution in [0.15, 0.2) is 41.5 Å². The zero-order valence-corrected chi connectivity index (χ0v) is 15.5. The Morgan fingerprint density at radius 3 is 2.50 bits per heavy atom. The number of carboxylic acid groups (broad SMARTS) is 1. The summed E-state index contributed by atoms with van der Waals surface area (Å²) in [6, 6.07) is 7.48. The number of piperidine rings is 1. The first-order valence-electron chi connectivity index (χ1n) is 9.15. The summed E-state index contributed by atoms with van der Waals surface area (Å²) in [6.45, 7) is 1.10. The largest absolute Gasteiger partial charge is 0.478 e. The van der Waals surface area contributed by atoms with Crippen LogP contribution in [0.5, 0.6) is 0 Å². The van der Waals surface area contributed by atoms with E-state index in [0.717, 1.165) is 11.0 Å². The number of benzene rings is 1. The maximum Gasteiger partial charge on any atom is 0.338 e. The number of amides is 1. The maximum absolute atomic E-state index is 12.8. The van der Waals surface area contributed by atoms with Crippen LogP contribution in [0.3, 0.4) is 0 Å². The zero-order chi connectivity index (χ0) is 19.8. The van der Waals surface area contributed by atoms with Crippen molar-refractivity contribution in [2.75, 3.05) is 13.1 Å². The minimum atomic E-state index is -1.00. The summed E-state index contributed by atoms with van der Waals surface area (Å²) >= 11 is 0. The lowest BCUT2D eigenvalue weighted by Crippen LogP contribution is -2.42. The average Bonchev–Trinajstić information content (AvgIpc) is 3.29. The second-order valence-corrected chi connectivity index (χ2v) is 7.04. The topological polar surface area (TPSA) is 102 Å². The third-order valence-electron chi connectivity index (χ3n) is 5.38. The van der Waals surface area contributed by atoms with Gasteiger partial charge in [0.15, 0.2) is 0 Å². The third kappa shape index (κ3) is 3.08. The van der Waals surface area contributed by atoms with Crippen LogP contribution in [0.2, 0.25) is 0 Å². The van der Waals surface area contributed by atoms with E-state index >= 15 is 0 Å². The van der Waals surface area contributed by atoms with E-state index in [1.807, 2.05) is 24.3 Å². The van der Waals surface area contributed by atoms with Crippen molar-refractivity contribution >= 4 is 22.9 Å². The second kappa shape index (κ2) is 6.99. The monoisotopic (exact) mass is 383 g/mol. The van der Waals surface area contributed by atoms with Crippen molar-refractivity contribution in [3.05, 3.63) is 52.7 Å². The minimum Gasteiger partial charge on any atom is -0.478 e. The summed E-state index contributed by atoms with van der Waals surface area (Å²) in [6.07, 6.45) is 4.25. The first-order valence-corrected chi connectivity index (χ1v) is 9.15. The lowest BCUT2D eigenvalue weighted by atomic mass is 10.1. The van der Waals surface area contributed by atoms with Gasteiger partial charge in [0.2, 0.25) is 5.91 Å². The Labute approximate surface area is 160 Å². The van der Waals surface area contributed by atoms with Crippen LogP contribution >= 0.6 is 0 Å². The van der Waals surface area contributed by atoms with E-state index < -0.39 is 5.97 Å². The molecule has 9 heteroatoms. The SMILES string of the molecule is Cn1c(=O)n(CC(=O)N2CCC(n3cc(C(=O)O)cn3)CC2)c2ccccc21. The molecule has 1 N–H and O–H groups in total. The second-order valence-electron chi connectivity index (χ2n) is 7.04. The molecule has 0 spiro atoms. The molecule has 1 aromatic carbocycles. The van der Waals surface area contributed by atoms with E-state index in [4.69, 9.17) is 5.11 Å². The number of rotatable bonds is 4. The number of likely N-dealkylation sites (tertiary alicyclic amines) is 1. The molecule has 3 heterocycles. The van der Waals surface area contributed by atoms with Crippen LogP contribution in [0, 0.1) is 0 Å². The number of hydrogen-bond acceptors (Lipinski definition) is 4. The van der Waals surface area contributed by atoms with Crippen LogP contribution in [0.4, 0.5) is 0 Å². The molecule has 0 atom stereocenters. The quantitative estimate of drug-likeness (QED) is 0.727. The van der Waals surface area contributed by atoms with Gasteiger partial charge in [0, 0.05) is 26.3 Å². The molecule has 9 nitrogen and oxygen atoms in total. The number of aryl methyl sites for hydroxylation is 1. The van der Waals surface area contributed by atoms with Crippen LogP contribution in [0.1, 0.15) is 29.2 Å². The molecule has 2 aromatic heterocycles. The number of carbonyl (C=O) groups excluding carboxylic acids is 1. The fourth-order valence-electron chi connectivity index (χ4n) is 3.78. The molecule has 0 aliphatic carbocycles. The van der Waals surface area contributed by atoms with Crippen molar-refractivity contribution in [1.82, 2.24) is 23.8 Å². The third-order valence-corrected chi connectivity index (χ3v) is 5.38. The van der Waals surface area contributed by atoms with Crippen molar-refractivity contribution < 1.29 is 14.7 Å². The smallest absolute Gasteiger partial charge is 0.338 e. The molecule has 28 heavy (non-hydrogen) atoms. The molecule has 146 valence electrons. The Morgan fingerprint density at radius 1 is 1.18 bits per heavy atom. The molecule has 0 saturated carbocycles. The Kier molecular flexibility index (Phi) is 4.50. The minimum absolute atomic E-state index is 0.00971. The maximum atomic E-state index is 12.8. The molecule has 1 aliphatic rings. The van der Waals surface area contributed by atoms with Gasteiger partial charge in [-0.05, 0) is 25.0 Å². The Hall–Kier alpha value is -3.36. The molecule has 0 bridgehead atoms. The summed E-state index contributed by atoms with van der Waals surface area (Å²) in [7, 11) is 1.70. The molecule has 1 fully saturated rings. The molecule has 4 rings (SSSR count). The number of nitrogens with zero attached hydrogens (tertiary/aromatic N) is 5. The van der Waals surface area contributed by atoms with Crippen LogP contribution in [-0.4, -0.2) is 53.9 Å². The fourth-order valence-corrected chi connectivity index (χ4v) is 3.78. The molecule has 3 aromatic rings. The van der Waals surface area contributed by atoms with Crippen molar-refractivity contribution in [2.45, 2.75) is 25.4 Å². The van der Waals surface area contributed by atoms with E-state index in [2.05, 4.69) is 5.10 Å². The molecule has 0 unspecified atom stereocenters. The van der Waals surface area contributed by atoms with Crippen LogP contribution < -0.4 is 5.69 Å². The standard InChI is InChI=1S/C19H21N5O4/c1-21-15-4-2-3-5-16(15)23(19(21)28)12-17(25)22-8-6-14(7-9-22)24-11-13(10-20-24)18(26)27/h2-5,10-11,14H,6-9,12H2,1H3,(H,26,27). The van der Waals surface area contributed by atoms with Crippen molar-refractivity contribution in [3.63, 3.8) is 0 Å². The van der Waals surface area contributed by atoms with Gasteiger partial charge in [-0.25, -0.2) is 9.59 Å². The number of aromatic nitrogens is 4. The van der Waals surface area contributed by atoms with Gasteiger partial charge in [-0.1, -0.05) is 12.1 Å². The van der Waals surface area contributed by atoms with Gasteiger partial charge in [0.25, 0.3) is 0 Å². The Morgan fingerprint density at radius 2 is 1.86 bits per heavy atom. The number of imidazole rings is 1. The lowest BCUT2D eigenvalue weighted by molar-refractivity contribution is -0.133. The summed E-state index contributed by atoms with van der Waals surface area (Å²) in [5, 5.41) is 13.1. The number of fused-ring (bicyclic) bond motifs is 1. The van der Waals surface area contributed by atoms with Gasteiger partial charge in [0.1, 0.15) is 6.54 Å². The Balaban J connectivity index is 1.44. The van der Waals surface area contributed by atoms with Crippen LogP contribution in [-0.2, 0) is 18.4 Å². The molecule has 1 saturated heterocycles. The number of carboxylic acids is 1. The number of para-hydroxylation sites is 2. The summed E-state index contributed by atoms with van der Waals surface area (Å²) in [5.41, 5.74) is 1.50. The van der Waals surface area contributed by atoms with Crippen molar-refractivity contribution in [2.24, 2.45) is 7.05 Å². The molecule has 1 aliphatic heterocycles. The molecule has 0 radical (unpaired) electrons. The van der Waals surface area contributed by atoms with E-state index in [9.17, 15) is 14.4 Å². The highest BCUT2D eigenvalue weighted by molar-refractivity contribution is 5.86. The number of hydrogen-bond donors (Lipinski definition) is 1. The van der Waals surface area contributed by atoms with Gasteiger partial charge in [0.05, 0.1) is 28.8 Å². The van der Waals surface area contributed by atoms with Gasteiger partial charge in [-0.2, -0.15) is 5.10 Å². The van der Waals surface area contributed by atoms with Crippen molar-refractivity contribution in [1.29, 1.82) is 0 Å². The summed E-state index contributed by atoms with van der Waals surface area (Å²) in [5.74, 6) is -1.09. The summed E-state index contributed by atoms with van der Waals surface area (Å²) in [4.78, 5) is 38.0. The predicted octanol–water partition coefficient (Wildman–Crippen LogP) is 1.10. The predicted molar refractivity (Wildman–Crippen MR) is 101 cm³/mol. The average molecular weight is 383 g/mol. The van der Waals surface area contributed by atoms with E-state index in [0.29, 0.717) is 25.9 Å².